The van der Waals surface area contributed by atoms with Crippen LogP contribution in [-0.2, 0) is 10.8 Å². The summed E-state index contributed by atoms with van der Waals surface area (Å²) in [6.45, 7) is 14.1. The number of rotatable bonds is 3. The number of fused-ring (bicyclic) bond motifs is 10. The van der Waals surface area contributed by atoms with Gasteiger partial charge in [0.05, 0.1) is 5.69 Å². The molecule has 0 saturated carbocycles. The van der Waals surface area contributed by atoms with Crippen molar-refractivity contribution in [3.05, 3.63) is 157 Å². The van der Waals surface area contributed by atoms with Crippen LogP contribution in [0.25, 0.3) is 63.6 Å². The second-order valence-electron chi connectivity index (χ2n) is 17.7. The minimum atomic E-state index is 0.0137. The van der Waals surface area contributed by atoms with E-state index in [1.54, 1.807) is 0 Å². The summed E-state index contributed by atoms with van der Waals surface area (Å²) < 4.78 is 5.51. The average molecular weight is 756 g/mol. The molecule has 0 spiro atoms. The Bertz CT molecular complexity index is 3060. The summed E-state index contributed by atoms with van der Waals surface area (Å²) in [4.78, 5) is 2.60. The van der Waals surface area contributed by atoms with Crippen LogP contribution in [0.3, 0.4) is 0 Å². The summed E-state index contributed by atoms with van der Waals surface area (Å²) >= 11 is 3.88. The van der Waals surface area contributed by atoms with Crippen LogP contribution in [0.2, 0.25) is 0 Å². The van der Waals surface area contributed by atoms with Crippen LogP contribution in [0.5, 0.6) is 0 Å². The van der Waals surface area contributed by atoms with Crippen molar-refractivity contribution in [1.82, 2.24) is 0 Å². The summed E-state index contributed by atoms with van der Waals surface area (Å²) in [5.41, 5.74) is 17.1. The Labute approximate surface area is 338 Å². The van der Waals surface area contributed by atoms with Crippen LogP contribution in [-0.4, -0.2) is 6.71 Å². The molecule has 0 bridgehead atoms. The second-order valence-corrected chi connectivity index (χ2v) is 19.9. The lowest BCUT2D eigenvalue weighted by Gasteiger charge is -2.37. The molecule has 2 aromatic heterocycles. The highest BCUT2D eigenvalue weighted by Crippen LogP contribution is 2.49. The molecule has 0 atom stereocenters. The molecule has 4 heteroatoms. The summed E-state index contributed by atoms with van der Waals surface area (Å²) in [6.07, 6.45) is 0. The zero-order valence-corrected chi connectivity index (χ0v) is 34.3. The predicted octanol–water partition coefficient (Wildman–Crippen LogP) is 13.5. The van der Waals surface area contributed by atoms with E-state index in [9.17, 15) is 0 Å². The molecule has 7 aromatic carbocycles. The Kier molecular flexibility index (Phi) is 7.29. The largest absolute Gasteiger partial charge is 0.311 e. The lowest BCUT2D eigenvalue weighted by molar-refractivity contribution is 0.590. The molecule has 0 N–H and O–H groups in total. The monoisotopic (exact) mass is 755 g/mol. The molecule has 0 fully saturated rings. The van der Waals surface area contributed by atoms with Crippen molar-refractivity contribution in [3.8, 4) is 33.4 Å². The maximum absolute atomic E-state index is 2.60. The maximum atomic E-state index is 2.60. The van der Waals surface area contributed by atoms with Gasteiger partial charge in [0.15, 0.2) is 0 Å². The number of hydrogen-bond acceptors (Lipinski definition) is 3. The smallest absolute Gasteiger partial charge is 0.260 e. The zero-order valence-electron chi connectivity index (χ0n) is 32.7. The molecular weight excluding hydrogens is 714 g/mol. The molecule has 11 rings (SSSR count). The molecule has 0 radical (unpaired) electrons. The summed E-state index contributed by atoms with van der Waals surface area (Å²) in [5.74, 6) is 0. The van der Waals surface area contributed by atoms with Gasteiger partial charge in [0.1, 0.15) is 0 Å². The molecule has 0 saturated heterocycles. The van der Waals surface area contributed by atoms with Crippen molar-refractivity contribution < 1.29 is 0 Å². The van der Waals surface area contributed by atoms with Crippen molar-refractivity contribution in [3.63, 3.8) is 0 Å². The molecule has 56 heavy (non-hydrogen) atoms. The maximum Gasteiger partial charge on any atom is 0.260 e. The van der Waals surface area contributed by atoms with Gasteiger partial charge in [-0.2, -0.15) is 0 Å². The third-order valence-corrected chi connectivity index (χ3v) is 14.6. The fraction of sp³-hybridized carbons (Fsp3) is 0.154. The number of thiophene rings is 2. The van der Waals surface area contributed by atoms with E-state index in [0.717, 1.165) is 0 Å². The van der Waals surface area contributed by atoms with E-state index in [-0.39, 0.29) is 17.5 Å². The SMILES string of the molecule is CC(C)(C)c1ccc(N2c3ccccc3B3c4sc5ccc(C(C)(C)C)cc5c4-c4cc(-c5ccc6sc7ccccc7c6c5)cc2c43)c(-c2ccccc2)c1. The third kappa shape index (κ3) is 5.05. The average Bonchev–Trinajstić information content (AvgIpc) is 3.86. The van der Waals surface area contributed by atoms with Crippen LogP contribution in [0, 0.1) is 0 Å². The van der Waals surface area contributed by atoms with Crippen LogP contribution in [0.15, 0.2) is 146 Å². The molecule has 2 aliphatic heterocycles. The molecule has 0 unspecified atom stereocenters. The molecule has 2 aliphatic rings. The highest BCUT2D eigenvalue weighted by Gasteiger charge is 2.45. The zero-order chi connectivity index (χ0) is 38.1. The Morgan fingerprint density at radius 3 is 1.95 bits per heavy atom. The van der Waals surface area contributed by atoms with Gasteiger partial charge >= 0.3 is 0 Å². The Morgan fingerprint density at radius 1 is 0.446 bits per heavy atom. The minimum absolute atomic E-state index is 0.0137. The fourth-order valence-corrected chi connectivity index (χ4v) is 11.7. The van der Waals surface area contributed by atoms with Gasteiger partial charge in [0.25, 0.3) is 6.71 Å². The third-order valence-electron chi connectivity index (χ3n) is 12.2. The minimum Gasteiger partial charge on any atom is -0.311 e. The molecule has 9 aromatic rings. The Morgan fingerprint density at radius 2 is 1.12 bits per heavy atom. The molecule has 4 heterocycles. The van der Waals surface area contributed by atoms with Crippen molar-refractivity contribution in [1.29, 1.82) is 0 Å². The number of anilines is 3. The van der Waals surface area contributed by atoms with E-state index in [1.165, 1.54) is 108 Å². The van der Waals surface area contributed by atoms with Crippen molar-refractivity contribution in [2.24, 2.45) is 0 Å². The Hall–Kier alpha value is -5.42. The standard InChI is InChI=1S/C52H42BNS2/c1-51(2,3)34-21-23-42(37(29-34)31-14-8-7-9-15-31)54-43-18-12-11-17-41(43)53-49-40(48-39-30-35(52(4,5)6)22-25-47(39)56-50(48)53)27-33(28-44(49)54)32-20-24-46-38(26-32)36-16-10-13-19-45(36)55-46/h7-30H,1-6H3. The van der Waals surface area contributed by atoms with Gasteiger partial charge in [-0.3, -0.25) is 0 Å². The van der Waals surface area contributed by atoms with Gasteiger partial charge in [-0.1, -0.05) is 126 Å². The first-order valence-corrected chi connectivity index (χ1v) is 21.4. The summed E-state index contributed by atoms with van der Waals surface area (Å²) in [7, 11) is 0. The number of benzene rings is 7. The molecule has 270 valence electrons. The van der Waals surface area contributed by atoms with Gasteiger partial charge in [-0.15, -0.1) is 22.7 Å². The van der Waals surface area contributed by atoms with Crippen LogP contribution in [0.4, 0.5) is 17.1 Å². The molecule has 0 amide bonds. The number of nitrogens with zero attached hydrogens (tertiary/aromatic N) is 1. The van der Waals surface area contributed by atoms with Crippen LogP contribution < -0.4 is 20.6 Å². The molecular formula is C52H42BNS2. The van der Waals surface area contributed by atoms with Crippen molar-refractivity contribution in [2.75, 3.05) is 4.90 Å². The summed E-state index contributed by atoms with van der Waals surface area (Å²) in [6, 6.07) is 55.6. The number of hydrogen-bond donors (Lipinski definition) is 0. The normalized spacial score (nSPS) is 13.5. The number of para-hydroxylation sites is 1. The van der Waals surface area contributed by atoms with E-state index < -0.39 is 0 Å². The van der Waals surface area contributed by atoms with Crippen molar-refractivity contribution in [2.45, 2.75) is 52.4 Å². The van der Waals surface area contributed by atoms with E-state index in [0.29, 0.717) is 0 Å². The van der Waals surface area contributed by atoms with Gasteiger partial charge < -0.3 is 4.90 Å². The predicted molar refractivity (Wildman–Crippen MR) is 248 cm³/mol. The highest BCUT2D eigenvalue weighted by atomic mass is 32.1. The lowest BCUT2D eigenvalue weighted by Crippen LogP contribution is -2.54. The lowest BCUT2D eigenvalue weighted by atomic mass is 9.39. The van der Waals surface area contributed by atoms with E-state index in [4.69, 9.17) is 0 Å². The van der Waals surface area contributed by atoms with E-state index >= 15 is 0 Å². The molecule has 1 nitrogen and oxygen atoms in total. The van der Waals surface area contributed by atoms with Crippen LogP contribution >= 0.6 is 22.7 Å². The highest BCUT2D eigenvalue weighted by molar-refractivity contribution is 7.34. The first-order chi connectivity index (χ1) is 27.0. The first kappa shape index (κ1) is 33.9. The van der Waals surface area contributed by atoms with Gasteiger partial charge in [-0.05, 0) is 126 Å². The topological polar surface area (TPSA) is 3.24 Å². The van der Waals surface area contributed by atoms with E-state index in [2.05, 4.69) is 192 Å². The fourth-order valence-electron chi connectivity index (χ4n) is 9.27. The molecule has 0 aliphatic carbocycles. The van der Waals surface area contributed by atoms with Crippen LogP contribution in [0.1, 0.15) is 52.7 Å². The van der Waals surface area contributed by atoms with Gasteiger partial charge in [0.2, 0.25) is 0 Å². The van der Waals surface area contributed by atoms with Gasteiger partial charge in [0, 0.05) is 47.2 Å². The summed E-state index contributed by atoms with van der Waals surface area (Å²) in [5, 5.41) is 4.05. The van der Waals surface area contributed by atoms with Gasteiger partial charge in [-0.25, -0.2) is 0 Å². The van der Waals surface area contributed by atoms with E-state index in [1.807, 2.05) is 22.7 Å². The van der Waals surface area contributed by atoms with Crippen molar-refractivity contribution >= 4 is 92.4 Å². The first-order valence-electron chi connectivity index (χ1n) is 19.8. The Balaban J connectivity index is 1.24. The second kappa shape index (κ2) is 12.0. The quantitative estimate of drug-likeness (QED) is 0.162.